The Kier molecular flexibility index (Phi) is 9.60. The number of aliphatic hydroxyl groups excluding tert-OH is 2. The van der Waals surface area contributed by atoms with E-state index in [-0.39, 0.29) is 29.1 Å². The van der Waals surface area contributed by atoms with Crippen molar-refractivity contribution in [1.82, 2.24) is 14.6 Å². The molecule has 1 heterocycles. The molecular weight excluding hydrogens is 486 g/mol. The van der Waals surface area contributed by atoms with Crippen molar-refractivity contribution in [3.05, 3.63) is 58.7 Å². The van der Waals surface area contributed by atoms with Crippen LogP contribution < -0.4 is 5.32 Å². The van der Waals surface area contributed by atoms with Gasteiger partial charge in [-0.1, -0.05) is 42.5 Å². The quantitative estimate of drug-likeness (QED) is 0.369. The molecule has 0 saturated carbocycles. The second kappa shape index (κ2) is 12.2. The van der Waals surface area contributed by atoms with Crippen LogP contribution in [0.15, 0.2) is 46.7 Å². The van der Waals surface area contributed by atoms with Gasteiger partial charge in [0.15, 0.2) is 4.21 Å². The lowest BCUT2D eigenvalue weighted by Crippen LogP contribution is -2.51. The summed E-state index contributed by atoms with van der Waals surface area (Å²) in [6.07, 6.45) is 4.52. The van der Waals surface area contributed by atoms with E-state index in [4.69, 9.17) is 0 Å². The van der Waals surface area contributed by atoms with E-state index in [1.807, 2.05) is 36.4 Å². The van der Waals surface area contributed by atoms with E-state index in [1.165, 1.54) is 6.92 Å². The predicted octanol–water partition coefficient (Wildman–Crippen LogP) is 2.58. The highest BCUT2D eigenvalue weighted by Crippen LogP contribution is 2.27. The molecule has 0 fully saturated rings. The fourth-order valence-electron chi connectivity index (χ4n) is 4.29. The Morgan fingerprint density at radius 3 is 2.51 bits per heavy atom. The van der Waals surface area contributed by atoms with Crippen LogP contribution in [-0.2, 0) is 21.2 Å². The number of thiazole rings is 1. The molecule has 192 valence electrons. The first-order valence-corrected chi connectivity index (χ1v) is 14.1. The van der Waals surface area contributed by atoms with E-state index < -0.39 is 28.3 Å². The number of aryl methyl sites for hydroxylation is 2. The highest BCUT2D eigenvalue weighted by Gasteiger charge is 2.34. The van der Waals surface area contributed by atoms with Crippen LogP contribution >= 0.6 is 11.3 Å². The number of aliphatic hydroxyl groups is 2. The summed E-state index contributed by atoms with van der Waals surface area (Å²) < 4.78 is 28.1. The lowest BCUT2D eigenvalue weighted by atomic mass is 9.99. The summed E-state index contributed by atoms with van der Waals surface area (Å²) in [4.78, 5) is 17.0. The van der Waals surface area contributed by atoms with Crippen LogP contribution in [0.5, 0.6) is 0 Å². The Bertz CT molecular complexity index is 1120. The van der Waals surface area contributed by atoms with Gasteiger partial charge in [-0.25, -0.2) is 13.4 Å². The molecule has 3 N–H and O–H groups in total. The number of rotatable bonds is 12. The number of carbonyl (C=O) groups excluding carboxylic acids is 1. The topological polar surface area (TPSA) is 120 Å². The van der Waals surface area contributed by atoms with E-state index in [2.05, 4.69) is 16.4 Å². The van der Waals surface area contributed by atoms with E-state index in [0.717, 1.165) is 34.0 Å². The maximum Gasteiger partial charge on any atom is 0.254 e. The van der Waals surface area contributed by atoms with E-state index in [1.54, 1.807) is 13.8 Å². The second-order valence-corrected chi connectivity index (χ2v) is 12.5. The summed E-state index contributed by atoms with van der Waals surface area (Å²) >= 11 is 1.06. The molecule has 3 unspecified atom stereocenters. The number of hydrogen-bond donors (Lipinski definition) is 3. The molecule has 2 aromatic rings. The van der Waals surface area contributed by atoms with Gasteiger partial charge in [-0.15, -0.1) is 11.3 Å². The van der Waals surface area contributed by atoms with Gasteiger partial charge in [-0.2, -0.15) is 4.31 Å². The number of allylic oxidation sites excluding steroid dienone is 2. The SMILES string of the molecule is Cc1nc(C)c(S(=O)(=O)N(CC(O)C(Cc2ccccc2)NC(=O)CC2C=CCC2)C[C@@H](C)O)s1. The smallest absolute Gasteiger partial charge is 0.254 e. The fourth-order valence-corrected chi connectivity index (χ4v) is 7.45. The minimum atomic E-state index is -4.01. The van der Waals surface area contributed by atoms with Gasteiger partial charge in [0.1, 0.15) is 0 Å². The minimum absolute atomic E-state index is 0.0968. The van der Waals surface area contributed by atoms with Crippen LogP contribution in [0, 0.1) is 19.8 Å². The van der Waals surface area contributed by atoms with Gasteiger partial charge in [0.05, 0.1) is 29.0 Å². The van der Waals surface area contributed by atoms with E-state index in [9.17, 15) is 23.4 Å². The number of nitrogens with zero attached hydrogens (tertiary/aromatic N) is 2. The van der Waals surface area contributed by atoms with Crippen LogP contribution in [0.2, 0.25) is 0 Å². The molecule has 35 heavy (non-hydrogen) atoms. The normalized spacial score (nSPS) is 18.5. The number of aromatic nitrogens is 1. The zero-order valence-electron chi connectivity index (χ0n) is 20.4. The summed E-state index contributed by atoms with van der Waals surface area (Å²) in [5.41, 5.74) is 1.30. The standard InChI is InChI=1S/C25H35N3O5S2/c1-17(29)15-28(35(32,33)25-18(2)26-19(3)34-25)16-23(30)22(13-20-9-5-4-6-10-20)27-24(31)14-21-11-7-8-12-21/h4-7,9-11,17,21-23,29-30H,8,12-16H2,1-3H3,(H,27,31)/t17-,21?,22?,23?/m1/s1. The Morgan fingerprint density at radius 1 is 1.23 bits per heavy atom. The van der Waals surface area contributed by atoms with Crippen molar-refractivity contribution < 1.29 is 23.4 Å². The lowest BCUT2D eigenvalue weighted by Gasteiger charge is -2.30. The highest BCUT2D eigenvalue weighted by atomic mass is 32.2. The summed E-state index contributed by atoms with van der Waals surface area (Å²) in [7, 11) is -4.01. The van der Waals surface area contributed by atoms with Crippen molar-refractivity contribution in [2.24, 2.45) is 5.92 Å². The summed E-state index contributed by atoms with van der Waals surface area (Å²) in [5, 5.41) is 24.8. The molecule has 8 nitrogen and oxygen atoms in total. The van der Waals surface area contributed by atoms with Crippen LogP contribution in [0.3, 0.4) is 0 Å². The molecule has 1 amide bonds. The molecule has 3 rings (SSSR count). The molecule has 0 radical (unpaired) electrons. The zero-order valence-corrected chi connectivity index (χ0v) is 22.1. The fraction of sp³-hybridized carbons (Fsp3) is 0.520. The lowest BCUT2D eigenvalue weighted by molar-refractivity contribution is -0.123. The molecule has 1 aliphatic rings. The maximum absolute atomic E-state index is 13.4. The van der Waals surface area contributed by atoms with Crippen molar-refractivity contribution in [2.45, 2.75) is 68.9 Å². The van der Waals surface area contributed by atoms with Crippen LogP contribution in [-0.4, -0.2) is 65.2 Å². The Hall–Kier alpha value is -2.11. The molecule has 4 atom stereocenters. The third kappa shape index (κ3) is 7.68. The van der Waals surface area contributed by atoms with Crippen LogP contribution in [0.4, 0.5) is 0 Å². The molecule has 10 heteroatoms. The van der Waals surface area contributed by atoms with E-state index >= 15 is 0 Å². The van der Waals surface area contributed by atoms with Gasteiger partial charge < -0.3 is 15.5 Å². The monoisotopic (exact) mass is 521 g/mol. The zero-order chi connectivity index (χ0) is 25.6. The minimum Gasteiger partial charge on any atom is -0.392 e. The molecule has 0 saturated heterocycles. The van der Waals surface area contributed by atoms with Crippen molar-refractivity contribution in [3.8, 4) is 0 Å². The largest absolute Gasteiger partial charge is 0.392 e. The number of sulfonamides is 1. The number of carbonyl (C=O) groups is 1. The van der Waals surface area contributed by atoms with Crippen LogP contribution in [0.1, 0.15) is 42.5 Å². The molecule has 1 aromatic carbocycles. The number of benzene rings is 1. The van der Waals surface area contributed by atoms with Crippen molar-refractivity contribution in [2.75, 3.05) is 13.1 Å². The molecule has 0 aliphatic heterocycles. The Labute approximate surface area is 211 Å². The summed E-state index contributed by atoms with van der Waals surface area (Å²) in [6.45, 7) is 4.40. The van der Waals surface area contributed by atoms with Gasteiger partial charge >= 0.3 is 0 Å². The Morgan fingerprint density at radius 2 is 1.94 bits per heavy atom. The average Bonchev–Trinajstić information content (AvgIpc) is 3.42. The van der Waals surface area contributed by atoms with Gasteiger partial charge in [-0.3, -0.25) is 4.79 Å². The van der Waals surface area contributed by atoms with Gasteiger partial charge in [0.25, 0.3) is 10.0 Å². The highest BCUT2D eigenvalue weighted by molar-refractivity contribution is 7.91. The summed E-state index contributed by atoms with van der Waals surface area (Å²) in [6, 6.07) is 8.74. The summed E-state index contributed by atoms with van der Waals surface area (Å²) in [5.74, 6) is -0.00503. The van der Waals surface area contributed by atoms with Crippen molar-refractivity contribution in [1.29, 1.82) is 0 Å². The molecule has 1 aromatic heterocycles. The van der Waals surface area contributed by atoms with Gasteiger partial charge in [0.2, 0.25) is 5.91 Å². The number of nitrogens with one attached hydrogen (secondary N) is 1. The first kappa shape index (κ1) is 27.5. The number of amides is 1. The molecule has 0 bridgehead atoms. The Balaban J connectivity index is 1.82. The third-order valence-electron chi connectivity index (χ3n) is 5.96. The third-order valence-corrected chi connectivity index (χ3v) is 9.45. The predicted molar refractivity (Wildman–Crippen MR) is 137 cm³/mol. The van der Waals surface area contributed by atoms with Gasteiger partial charge in [0, 0.05) is 19.5 Å². The van der Waals surface area contributed by atoms with Crippen molar-refractivity contribution >= 4 is 27.3 Å². The van der Waals surface area contributed by atoms with Crippen LogP contribution in [0.25, 0.3) is 0 Å². The van der Waals surface area contributed by atoms with Gasteiger partial charge in [-0.05, 0) is 51.5 Å². The first-order chi connectivity index (χ1) is 16.6. The number of hydrogen-bond acceptors (Lipinski definition) is 7. The molecular formula is C25H35N3O5S2. The second-order valence-electron chi connectivity index (χ2n) is 9.18. The van der Waals surface area contributed by atoms with Crippen molar-refractivity contribution in [3.63, 3.8) is 0 Å². The van der Waals surface area contributed by atoms with E-state index in [0.29, 0.717) is 23.5 Å². The first-order valence-electron chi connectivity index (χ1n) is 11.9. The molecule has 1 aliphatic carbocycles. The molecule has 0 spiro atoms. The maximum atomic E-state index is 13.4. The average molecular weight is 522 g/mol.